The van der Waals surface area contributed by atoms with E-state index in [9.17, 15) is 19.6 Å². The molecule has 0 radical (unpaired) electrons. The largest absolute Gasteiger partial charge is 0.347 e. The third-order valence-corrected chi connectivity index (χ3v) is 5.15. The number of nitrogens with zero attached hydrogens (tertiary/aromatic N) is 3. The van der Waals surface area contributed by atoms with Gasteiger partial charge in [-0.25, -0.2) is 9.36 Å². The lowest BCUT2D eigenvalue weighted by Gasteiger charge is -2.14. The van der Waals surface area contributed by atoms with Crippen molar-refractivity contribution < 1.29 is 4.79 Å². The van der Waals surface area contributed by atoms with Crippen LogP contribution in [0.5, 0.6) is 0 Å². The lowest BCUT2D eigenvalue weighted by Crippen LogP contribution is -2.45. The third-order valence-electron chi connectivity index (χ3n) is 4.09. The molecule has 0 saturated heterocycles. The van der Waals surface area contributed by atoms with Crippen LogP contribution in [0.15, 0.2) is 27.1 Å². The summed E-state index contributed by atoms with van der Waals surface area (Å²) in [4.78, 5) is 38.0. The number of nitrogens with one attached hydrogen (secondary N) is 1. The zero-order valence-electron chi connectivity index (χ0n) is 13.1. The molecule has 3 heterocycles. The molecule has 24 heavy (non-hydrogen) atoms. The van der Waals surface area contributed by atoms with Gasteiger partial charge >= 0.3 is 5.69 Å². The van der Waals surface area contributed by atoms with Crippen LogP contribution in [0.1, 0.15) is 35.5 Å². The van der Waals surface area contributed by atoms with E-state index >= 15 is 0 Å². The minimum absolute atomic E-state index is 0.0359. The van der Waals surface area contributed by atoms with Crippen LogP contribution < -0.4 is 16.6 Å². The number of fused-ring (bicyclic) bond motifs is 1. The highest BCUT2D eigenvalue weighted by atomic mass is 32.1. The van der Waals surface area contributed by atoms with Crippen molar-refractivity contribution >= 4 is 17.2 Å². The number of nitriles is 1. The minimum atomic E-state index is -0.686. The van der Waals surface area contributed by atoms with E-state index in [0.717, 1.165) is 15.9 Å². The number of thiophene rings is 1. The first-order chi connectivity index (χ1) is 11.5. The number of amides is 1. The monoisotopic (exact) mass is 344 g/mol. The SMILES string of the molecule is C[C@@H](NC(=O)Cn1c(=O)c(C#N)c2n(c1=O)CCC2)c1cccs1. The molecule has 2 aromatic heterocycles. The normalized spacial score (nSPS) is 14.0. The molecule has 3 rings (SSSR count). The Morgan fingerprint density at radius 1 is 1.50 bits per heavy atom. The Morgan fingerprint density at radius 2 is 2.29 bits per heavy atom. The Kier molecular flexibility index (Phi) is 4.36. The summed E-state index contributed by atoms with van der Waals surface area (Å²) in [5.41, 5.74) is -0.762. The number of rotatable bonds is 4. The molecule has 7 nitrogen and oxygen atoms in total. The maximum atomic E-state index is 12.4. The van der Waals surface area contributed by atoms with Gasteiger partial charge in [-0.2, -0.15) is 5.26 Å². The molecular weight excluding hydrogens is 328 g/mol. The van der Waals surface area contributed by atoms with Crippen LogP contribution in [0.4, 0.5) is 0 Å². The van der Waals surface area contributed by atoms with E-state index in [1.54, 1.807) is 0 Å². The zero-order chi connectivity index (χ0) is 17.3. The number of carbonyl (C=O) groups is 1. The predicted molar refractivity (Wildman–Crippen MR) is 88.9 cm³/mol. The lowest BCUT2D eigenvalue weighted by molar-refractivity contribution is -0.122. The third kappa shape index (κ3) is 2.78. The van der Waals surface area contributed by atoms with Gasteiger partial charge in [0.2, 0.25) is 5.91 Å². The van der Waals surface area contributed by atoms with Gasteiger partial charge in [0, 0.05) is 17.1 Å². The average Bonchev–Trinajstić information content (AvgIpc) is 3.23. The van der Waals surface area contributed by atoms with E-state index < -0.39 is 17.2 Å². The highest BCUT2D eigenvalue weighted by Gasteiger charge is 2.23. The van der Waals surface area contributed by atoms with Crippen molar-refractivity contribution in [2.45, 2.75) is 38.9 Å². The van der Waals surface area contributed by atoms with Crippen molar-refractivity contribution in [1.29, 1.82) is 5.26 Å². The smallest absolute Gasteiger partial charge is 0.331 e. The molecule has 2 aromatic rings. The highest BCUT2D eigenvalue weighted by Crippen LogP contribution is 2.18. The number of hydrogen-bond donors (Lipinski definition) is 1. The first-order valence-electron chi connectivity index (χ1n) is 7.62. The first-order valence-corrected chi connectivity index (χ1v) is 8.50. The minimum Gasteiger partial charge on any atom is -0.347 e. The summed E-state index contributed by atoms with van der Waals surface area (Å²) >= 11 is 1.52. The summed E-state index contributed by atoms with van der Waals surface area (Å²) in [5, 5.41) is 13.9. The fourth-order valence-electron chi connectivity index (χ4n) is 2.93. The summed E-state index contributed by atoms with van der Waals surface area (Å²) < 4.78 is 2.28. The second-order valence-corrected chi connectivity index (χ2v) is 6.65. The van der Waals surface area contributed by atoms with Gasteiger partial charge in [0.15, 0.2) is 0 Å². The van der Waals surface area contributed by atoms with E-state index in [1.165, 1.54) is 15.9 Å². The summed E-state index contributed by atoms with van der Waals surface area (Å²) in [7, 11) is 0. The van der Waals surface area contributed by atoms with Crippen LogP contribution in [-0.2, 0) is 24.3 Å². The number of hydrogen-bond acceptors (Lipinski definition) is 5. The summed E-state index contributed by atoms with van der Waals surface area (Å²) in [6.07, 6.45) is 1.25. The first kappa shape index (κ1) is 16.2. The zero-order valence-corrected chi connectivity index (χ0v) is 13.9. The van der Waals surface area contributed by atoms with Crippen LogP contribution in [0.25, 0.3) is 0 Å². The van der Waals surface area contributed by atoms with Gasteiger partial charge in [0.1, 0.15) is 18.2 Å². The van der Waals surface area contributed by atoms with E-state index in [-0.39, 0.29) is 18.2 Å². The molecular formula is C16H16N4O3S. The Hall–Kier alpha value is -2.66. The Labute approximate surface area is 141 Å². The van der Waals surface area contributed by atoms with Crippen molar-refractivity contribution in [3.05, 3.63) is 54.5 Å². The maximum Gasteiger partial charge on any atom is 0.331 e. The van der Waals surface area contributed by atoms with Crippen LogP contribution in [0.3, 0.4) is 0 Å². The van der Waals surface area contributed by atoms with Gasteiger partial charge < -0.3 is 5.32 Å². The molecule has 0 aliphatic carbocycles. The van der Waals surface area contributed by atoms with Gasteiger partial charge in [-0.3, -0.25) is 14.2 Å². The van der Waals surface area contributed by atoms with Crippen molar-refractivity contribution in [2.24, 2.45) is 0 Å². The topological polar surface area (TPSA) is 96.9 Å². The standard InChI is InChI=1S/C16H16N4O3S/c1-10(13-5-3-7-24-13)18-14(21)9-20-15(22)11(8-17)12-4-2-6-19(12)16(20)23/h3,5,7,10H,2,4,6,9H2,1H3,(H,18,21)/t10-/m1/s1. The van der Waals surface area contributed by atoms with Crippen LogP contribution in [0, 0.1) is 11.3 Å². The van der Waals surface area contributed by atoms with E-state index in [4.69, 9.17) is 0 Å². The van der Waals surface area contributed by atoms with Gasteiger partial charge in [0.25, 0.3) is 5.56 Å². The van der Waals surface area contributed by atoms with Gasteiger partial charge in [-0.15, -0.1) is 11.3 Å². The summed E-state index contributed by atoms with van der Waals surface area (Å²) in [5.74, 6) is -0.433. The van der Waals surface area contributed by atoms with Gasteiger partial charge in [-0.05, 0) is 31.2 Å². The van der Waals surface area contributed by atoms with E-state index in [2.05, 4.69) is 5.32 Å². The number of aromatic nitrogens is 2. The van der Waals surface area contributed by atoms with Crippen molar-refractivity contribution in [3.8, 4) is 6.07 Å². The van der Waals surface area contributed by atoms with Crippen LogP contribution in [-0.4, -0.2) is 15.0 Å². The van der Waals surface area contributed by atoms with Crippen LogP contribution in [0.2, 0.25) is 0 Å². The van der Waals surface area contributed by atoms with Gasteiger partial charge in [0.05, 0.1) is 6.04 Å². The summed E-state index contributed by atoms with van der Waals surface area (Å²) in [6.45, 7) is 1.92. The fraction of sp³-hybridized carbons (Fsp3) is 0.375. The molecule has 1 N–H and O–H groups in total. The number of carbonyl (C=O) groups excluding carboxylic acids is 1. The quantitative estimate of drug-likeness (QED) is 0.886. The second kappa shape index (κ2) is 6.45. The van der Waals surface area contributed by atoms with E-state index in [1.807, 2.05) is 30.5 Å². The molecule has 0 spiro atoms. The lowest BCUT2D eigenvalue weighted by atomic mass is 10.2. The predicted octanol–water partition coefficient (Wildman–Crippen LogP) is 0.767. The molecule has 1 amide bonds. The molecule has 1 aliphatic rings. The van der Waals surface area contributed by atoms with Crippen LogP contribution >= 0.6 is 11.3 Å². The molecule has 0 fully saturated rings. The molecule has 1 aliphatic heterocycles. The molecule has 0 saturated carbocycles. The molecule has 0 aromatic carbocycles. The molecule has 8 heteroatoms. The Balaban J connectivity index is 1.88. The fourth-order valence-corrected chi connectivity index (χ4v) is 3.66. The maximum absolute atomic E-state index is 12.4. The highest BCUT2D eigenvalue weighted by molar-refractivity contribution is 7.10. The van der Waals surface area contributed by atoms with Gasteiger partial charge in [-0.1, -0.05) is 6.07 Å². The Bertz CT molecular complexity index is 934. The summed E-state index contributed by atoms with van der Waals surface area (Å²) in [6, 6.07) is 5.46. The molecule has 1 atom stereocenters. The second-order valence-electron chi connectivity index (χ2n) is 5.67. The van der Waals surface area contributed by atoms with Crippen molar-refractivity contribution in [1.82, 2.24) is 14.5 Å². The average molecular weight is 344 g/mol. The molecule has 124 valence electrons. The van der Waals surface area contributed by atoms with Crippen molar-refractivity contribution in [2.75, 3.05) is 0 Å². The Morgan fingerprint density at radius 3 is 2.96 bits per heavy atom. The molecule has 0 unspecified atom stereocenters. The van der Waals surface area contributed by atoms with Crippen molar-refractivity contribution in [3.63, 3.8) is 0 Å². The molecule has 0 bridgehead atoms. The van der Waals surface area contributed by atoms with E-state index in [0.29, 0.717) is 18.7 Å².